The molecule has 162 valence electrons. The van der Waals surface area contributed by atoms with Crippen molar-refractivity contribution in [2.75, 3.05) is 20.7 Å². The molecule has 3 amide bonds. The summed E-state index contributed by atoms with van der Waals surface area (Å²) < 4.78 is 11.4. The fourth-order valence-corrected chi connectivity index (χ4v) is 5.08. The van der Waals surface area contributed by atoms with Crippen molar-refractivity contribution in [1.82, 2.24) is 15.5 Å². The highest BCUT2D eigenvalue weighted by molar-refractivity contribution is 6.00. The molecule has 2 fully saturated rings. The van der Waals surface area contributed by atoms with Gasteiger partial charge in [-0.1, -0.05) is 30.2 Å². The van der Waals surface area contributed by atoms with Gasteiger partial charge in [0.25, 0.3) is 0 Å². The van der Waals surface area contributed by atoms with Gasteiger partial charge in [0.15, 0.2) is 0 Å². The second kappa shape index (κ2) is 7.43. The van der Waals surface area contributed by atoms with Crippen LogP contribution >= 0.6 is 0 Å². The Bertz CT molecular complexity index is 997. The first-order chi connectivity index (χ1) is 14.8. The lowest BCUT2D eigenvalue weighted by atomic mass is 9.70. The molecule has 1 spiro atoms. The molecule has 1 aromatic rings. The molecular formula is C23H25N3O5. The number of carbonyl (C=O) groups excluding carboxylic acids is 3. The van der Waals surface area contributed by atoms with Crippen LogP contribution in [0.25, 0.3) is 0 Å². The molecule has 0 unspecified atom stereocenters. The van der Waals surface area contributed by atoms with Crippen LogP contribution in [0.1, 0.15) is 12.5 Å². The van der Waals surface area contributed by atoms with Gasteiger partial charge in [-0.3, -0.25) is 14.4 Å². The number of likely N-dealkylation sites (tertiary alicyclic amines) is 1. The molecule has 0 aliphatic carbocycles. The van der Waals surface area contributed by atoms with E-state index >= 15 is 0 Å². The Labute approximate surface area is 180 Å². The lowest BCUT2D eigenvalue weighted by Gasteiger charge is -2.32. The first-order valence-electron chi connectivity index (χ1n) is 10.1. The van der Waals surface area contributed by atoms with Gasteiger partial charge >= 0.3 is 0 Å². The van der Waals surface area contributed by atoms with Crippen LogP contribution in [0, 0.1) is 24.2 Å². The van der Waals surface area contributed by atoms with Gasteiger partial charge in [0.1, 0.15) is 17.4 Å². The normalized spacial score (nSPS) is 32.5. The number of methoxy groups -OCH3 is 1. The molecule has 3 aliphatic heterocycles. The predicted molar refractivity (Wildman–Crippen MR) is 112 cm³/mol. The third-order valence-electron chi connectivity index (χ3n) is 6.46. The largest absolute Gasteiger partial charge is 0.497 e. The maximum absolute atomic E-state index is 13.3. The van der Waals surface area contributed by atoms with Gasteiger partial charge in [-0.05, 0) is 24.6 Å². The summed E-state index contributed by atoms with van der Waals surface area (Å²) in [6, 6.07) is 6.34. The fourth-order valence-electron chi connectivity index (χ4n) is 5.08. The number of nitrogens with zero attached hydrogens (tertiary/aromatic N) is 1. The second-order valence-corrected chi connectivity index (χ2v) is 8.18. The van der Waals surface area contributed by atoms with Crippen molar-refractivity contribution in [3.8, 4) is 18.1 Å². The van der Waals surface area contributed by atoms with Gasteiger partial charge in [0.05, 0.1) is 31.1 Å². The molecular weight excluding hydrogens is 398 g/mol. The summed E-state index contributed by atoms with van der Waals surface area (Å²) in [5.41, 5.74) is -1.32. The Balaban J connectivity index is 1.63. The van der Waals surface area contributed by atoms with E-state index in [1.165, 1.54) is 11.9 Å². The molecule has 0 aromatic heterocycles. The van der Waals surface area contributed by atoms with Crippen molar-refractivity contribution in [3.63, 3.8) is 0 Å². The highest BCUT2D eigenvalue weighted by Gasteiger charge is 2.75. The van der Waals surface area contributed by atoms with E-state index in [1.54, 1.807) is 38.3 Å². The number of ether oxygens (including phenoxy) is 2. The van der Waals surface area contributed by atoms with Crippen LogP contribution in [0.3, 0.4) is 0 Å². The number of hydrogen-bond acceptors (Lipinski definition) is 5. The summed E-state index contributed by atoms with van der Waals surface area (Å²) in [5.74, 6) is 0.593. The van der Waals surface area contributed by atoms with E-state index in [9.17, 15) is 14.4 Å². The smallest absolute Gasteiger partial charge is 0.246 e. The zero-order chi connectivity index (χ0) is 22.4. The predicted octanol–water partition coefficient (Wildman–Crippen LogP) is 0.231. The average molecular weight is 423 g/mol. The van der Waals surface area contributed by atoms with E-state index in [0.29, 0.717) is 5.75 Å². The molecule has 5 atom stereocenters. The third-order valence-corrected chi connectivity index (χ3v) is 6.46. The molecule has 31 heavy (non-hydrogen) atoms. The van der Waals surface area contributed by atoms with Gasteiger partial charge in [-0.15, -0.1) is 6.42 Å². The summed E-state index contributed by atoms with van der Waals surface area (Å²) >= 11 is 0. The monoisotopic (exact) mass is 423 g/mol. The van der Waals surface area contributed by atoms with E-state index in [4.69, 9.17) is 15.9 Å². The van der Waals surface area contributed by atoms with Crippen molar-refractivity contribution < 1.29 is 23.9 Å². The zero-order valence-electron chi connectivity index (χ0n) is 17.7. The fraction of sp³-hybridized carbons (Fsp3) is 0.435. The summed E-state index contributed by atoms with van der Waals surface area (Å²) in [5, 5.41) is 5.51. The molecule has 3 heterocycles. The van der Waals surface area contributed by atoms with Crippen LogP contribution in [0.4, 0.5) is 0 Å². The SMILES string of the molecule is C#CCN1C(=O)[C@@H]2[C@H](C(=O)NC)[C@]3(C)C=C[C@@]2(O3)[C@H]1C(=O)NCc1ccc(OC)cc1. The van der Waals surface area contributed by atoms with Gasteiger partial charge in [0.2, 0.25) is 17.7 Å². The van der Waals surface area contributed by atoms with E-state index in [0.717, 1.165) is 5.56 Å². The van der Waals surface area contributed by atoms with E-state index in [1.807, 2.05) is 12.1 Å². The maximum Gasteiger partial charge on any atom is 0.246 e. The van der Waals surface area contributed by atoms with E-state index in [2.05, 4.69) is 16.6 Å². The average Bonchev–Trinajstić information content (AvgIpc) is 3.33. The van der Waals surface area contributed by atoms with Crippen LogP contribution in [-0.2, 0) is 25.7 Å². The quantitative estimate of drug-likeness (QED) is 0.505. The molecule has 8 heteroatoms. The van der Waals surface area contributed by atoms with Crippen LogP contribution in [-0.4, -0.2) is 60.6 Å². The lowest BCUT2D eigenvalue weighted by Crippen LogP contribution is -2.54. The molecule has 2 bridgehead atoms. The molecule has 2 saturated heterocycles. The topological polar surface area (TPSA) is 97.0 Å². The minimum absolute atomic E-state index is 0.0495. The third kappa shape index (κ3) is 3.00. The Hall–Kier alpha value is -3.31. The summed E-state index contributed by atoms with van der Waals surface area (Å²) in [7, 11) is 3.10. The summed E-state index contributed by atoms with van der Waals surface area (Å²) in [4.78, 5) is 40.7. The highest BCUT2D eigenvalue weighted by Crippen LogP contribution is 2.59. The Morgan fingerprint density at radius 2 is 1.97 bits per heavy atom. The molecule has 3 aliphatic rings. The van der Waals surface area contributed by atoms with Gasteiger partial charge in [0, 0.05) is 13.6 Å². The number of fused-ring (bicyclic) bond motifs is 1. The number of benzene rings is 1. The first kappa shape index (κ1) is 20.9. The van der Waals surface area contributed by atoms with Crippen molar-refractivity contribution in [3.05, 3.63) is 42.0 Å². The summed E-state index contributed by atoms with van der Waals surface area (Å²) in [6.07, 6.45) is 9.02. The van der Waals surface area contributed by atoms with Crippen LogP contribution in [0.15, 0.2) is 36.4 Å². The maximum atomic E-state index is 13.3. The molecule has 0 radical (unpaired) electrons. The Morgan fingerprint density at radius 3 is 2.58 bits per heavy atom. The number of amides is 3. The number of terminal acetylenes is 1. The van der Waals surface area contributed by atoms with Crippen LogP contribution in [0.2, 0.25) is 0 Å². The van der Waals surface area contributed by atoms with Crippen molar-refractivity contribution in [2.45, 2.75) is 30.7 Å². The van der Waals surface area contributed by atoms with Crippen molar-refractivity contribution >= 4 is 17.7 Å². The number of carbonyl (C=O) groups is 3. The van der Waals surface area contributed by atoms with Crippen LogP contribution < -0.4 is 15.4 Å². The van der Waals surface area contributed by atoms with Crippen molar-refractivity contribution in [2.24, 2.45) is 11.8 Å². The van der Waals surface area contributed by atoms with Gasteiger partial charge in [-0.25, -0.2) is 0 Å². The van der Waals surface area contributed by atoms with E-state index in [-0.39, 0.29) is 30.8 Å². The van der Waals surface area contributed by atoms with Gasteiger partial charge < -0.3 is 25.0 Å². The molecule has 1 aromatic carbocycles. The number of hydrogen-bond donors (Lipinski definition) is 2. The minimum Gasteiger partial charge on any atom is -0.497 e. The second-order valence-electron chi connectivity index (χ2n) is 8.18. The Kier molecular flexibility index (Phi) is 5.02. The first-order valence-corrected chi connectivity index (χ1v) is 10.1. The van der Waals surface area contributed by atoms with E-state index < -0.39 is 29.1 Å². The van der Waals surface area contributed by atoms with Crippen molar-refractivity contribution in [1.29, 1.82) is 0 Å². The highest BCUT2D eigenvalue weighted by atomic mass is 16.5. The Morgan fingerprint density at radius 1 is 1.26 bits per heavy atom. The molecule has 8 nitrogen and oxygen atoms in total. The molecule has 4 rings (SSSR count). The molecule has 2 N–H and O–H groups in total. The molecule has 0 saturated carbocycles. The lowest BCUT2D eigenvalue weighted by molar-refractivity contribution is -0.144. The number of rotatable bonds is 6. The summed E-state index contributed by atoms with van der Waals surface area (Å²) in [6.45, 7) is 1.98. The zero-order valence-corrected chi connectivity index (χ0v) is 17.7. The number of nitrogens with one attached hydrogen (secondary N) is 2. The standard InChI is InChI=1S/C23H25N3O5/c1-5-12-26-18(20(28)25-13-14-6-8-15(30-4)9-7-14)23-11-10-22(2,31-23)16(19(27)24-3)17(23)21(26)29/h1,6-11,16-18H,12-13H2,2-4H3,(H,24,27)(H,25,28)/t16-,17+,18-,22+,23+/m1/s1. The van der Waals surface area contributed by atoms with Crippen LogP contribution in [0.5, 0.6) is 5.75 Å². The minimum atomic E-state index is -1.23. The van der Waals surface area contributed by atoms with Gasteiger partial charge in [-0.2, -0.15) is 0 Å².